The number of rotatable bonds is 6. The number of ether oxygens (including phenoxy) is 1. The second-order valence-corrected chi connectivity index (χ2v) is 8.18. The maximum Gasteiger partial charge on any atom is 0.306 e. The molecular formula is C20H30O3. The Morgan fingerprint density at radius 2 is 1.57 bits per heavy atom. The molecule has 3 nitrogen and oxygen atoms in total. The first-order valence-corrected chi connectivity index (χ1v) is 8.29. The smallest absolute Gasteiger partial charge is 0.306 e. The Labute approximate surface area is 140 Å². The third-order valence-corrected chi connectivity index (χ3v) is 3.87. The topological polar surface area (TPSA) is 43.4 Å². The molecule has 1 aromatic carbocycles. The van der Waals surface area contributed by atoms with Crippen LogP contribution in [0.5, 0.6) is 0 Å². The average molecular weight is 318 g/mol. The molecule has 1 unspecified atom stereocenters. The number of carbonyl (C=O) groups excluding carboxylic acids is 2. The highest BCUT2D eigenvalue weighted by Crippen LogP contribution is 2.33. The van der Waals surface area contributed by atoms with Crippen molar-refractivity contribution in [2.75, 3.05) is 0 Å². The monoisotopic (exact) mass is 318 g/mol. The van der Waals surface area contributed by atoms with E-state index in [0.717, 1.165) is 5.56 Å². The van der Waals surface area contributed by atoms with E-state index in [-0.39, 0.29) is 23.1 Å². The van der Waals surface area contributed by atoms with Gasteiger partial charge in [-0.3, -0.25) is 9.59 Å². The lowest BCUT2D eigenvalue weighted by atomic mass is 9.75. The van der Waals surface area contributed by atoms with Crippen LogP contribution in [-0.4, -0.2) is 17.4 Å². The summed E-state index contributed by atoms with van der Waals surface area (Å²) in [5.74, 6) is 0.0543. The van der Waals surface area contributed by atoms with Gasteiger partial charge in [-0.15, -0.1) is 0 Å². The fraction of sp³-hybridized carbons (Fsp3) is 0.600. The molecule has 1 aromatic rings. The number of ketones is 1. The number of Topliss-reactive ketones (excluding diaryl/α,β-unsaturated/α-hetero) is 1. The second kappa shape index (κ2) is 7.76. The van der Waals surface area contributed by atoms with Crippen LogP contribution in [0.3, 0.4) is 0 Å². The van der Waals surface area contributed by atoms with E-state index in [9.17, 15) is 9.59 Å². The Morgan fingerprint density at radius 3 is 2.04 bits per heavy atom. The molecule has 0 aromatic heterocycles. The van der Waals surface area contributed by atoms with Gasteiger partial charge in [-0.1, -0.05) is 51.1 Å². The van der Waals surface area contributed by atoms with E-state index in [1.807, 2.05) is 51.1 Å². The number of benzene rings is 1. The van der Waals surface area contributed by atoms with Gasteiger partial charge in [0.25, 0.3) is 0 Å². The van der Waals surface area contributed by atoms with Crippen LogP contribution < -0.4 is 0 Å². The molecule has 128 valence electrons. The molecule has 0 saturated carbocycles. The van der Waals surface area contributed by atoms with Crippen LogP contribution in [0.2, 0.25) is 0 Å². The van der Waals surface area contributed by atoms with Crippen LogP contribution >= 0.6 is 0 Å². The van der Waals surface area contributed by atoms with Gasteiger partial charge in [0.15, 0.2) is 5.78 Å². The van der Waals surface area contributed by atoms with Crippen LogP contribution in [-0.2, 0) is 9.53 Å². The highest BCUT2D eigenvalue weighted by atomic mass is 16.6. The van der Waals surface area contributed by atoms with Gasteiger partial charge in [0.05, 0.1) is 0 Å². The van der Waals surface area contributed by atoms with Crippen molar-refractivity contribution in [2.24, 2.45) is 11.3 Å². The highest BCUT2D eigenvalue weighted by molar-refractivity contribution is 5.95. The minimum absolute atomic E-state index is 0.0477. The molecule has 0 amide bonds. The molecule has 1 rings (SSSR count). The highest BCUT2D eigenvalue weighted by Gasteiger charge is 2.29. The van der Waals surface area contributed by atoms with Crippen molar-refractivity contribution in [3.8, 4) is 0 Å². The lowest BCUT2D eigenvalue weighted by Gasteiger charge is -2.31. The second-order valence-electron chi connectivity index (χ2n) is 8.18. The van der Waals surface area contributed by atoms with Crippen LogP contribution in [0.1, 0.15) is 71.2 Å². The minimum atomic E-state index is -0.473. The van der Waals surface area contributed by atoms with Crippen molar-refractivity contribution in [1.29, 1.82) is 0 Å². The van der Waals surface area contributed by atoms with E-state index in [1.165, 1.54) is 0 Å². The fourth-order valence-electron chi connectivity index (χ4n) is 2.50. The van der Waals surface area contributed by atoms with Crippen LogP contribution in [0, 0.1) is 11.3 Å². The summed E-state index contributed by atoms with van der Waals surface area (Å²) in [6.45, 7) is 11.9. The molecule has 3 heteroatoms. The molecule has 0 heterocycles. The van der Waals surface area contributed by atoms with Gasteiger partial charge in [0.1, 0.15) is 5.60 Å². The quantitative estimate of drug-likeness (QED) is 0.545. The first-order valence-electron chi connectivity index (χ1n) is 8.29. The molecule has 23 heavy (non-hydrogen) atoms. The van der Waals surface area contributed by atoms with Gasteiger partial charge in [-0.25, -0.2) is 0 Å². The Hall–Kier alpha value is -1.64. The van der Waals surface area contributed by atoms with Gasteiger partial charge in [0, 0.05) is 18.4 Å². The summed E-state index contributed by atoms with van der Waals surface area (Å²) in [5.41, 5.74) is 0.213. The molecule has 1 atom stereocenters. The van der Waals surface area contributed by atoms with E-state index in [1.54, 1.807) is 0 Å². The van der Waals surface area contributed by atoms with E-state index in [4.69, 9.17) is 4.74 Å². The standard InChI is InChI=1S/C20H30O3/c1-19(2,3)16(14-18(22)23-20(4,5)6)12-13-17(21)15-10-8-7-9-11-15/h7-11,16H,12-14H2,1-6H3. The third kappa shape index (κ3) is 7.45. The van der Waals surface area contributed by atoms with Gasteiger partial charge in [0.2, 0.25) is 0 Å². The lowest BCUT2D eigenvalue weighted by molar-refractivity contribution is -0.157. The lowest BCUT2D eigenvalue weighted by Crippen LogP contribution is -2.29. The molecule has 0 aliphatic heterocycles. The maximum absolute atomic E-state index is 12.3. The van der Waals surface area contributed by atoms with Crippen molar-refractivity contribution in [3.63, 3.8) is 0 Å². The summed E-state index contributed by atoms with van der Waals surface area (Å²) in [4.78, 5) is 24.4. The summed E-state index contributed by atoms with van der Waals surface area (Å²) in [6.07, 6.45) is 1.49. The van der Waals surface area contributed by atoms with Crippen molar-refractivity contribution in [1.82, 2.24) is 0 Å². The number of carbonyl (C=O) groups is 2. The van der Waals surface area contributed by atoms with Crippen LogP contribution in [0.25, 0.3) is 0 Å². The zero-order valence-corrected chi connectivity index (χ0v) is 15.3. The summed E-state index contributed by atoms with van der Waals surface area (Å²) in [7, 11) is 0. The number of hydrogen-bond donors (Lipinski definition) is 0. The van der Waals surface area contributed by atoms with Gasteiger partial charge in [-0.05, 0) is 38.5 Å². The minimum Gasteiger partial charge on any atom is -0.460 e. The molecule has 0 aliphatic carbocycles. The maximum atomic E-state index is 12.3. The Balaban J connectivity index is 2.66. The number of esters is 1. The third-order valence-electron chi connectivity index (χ3n) is 3.87. The predicted octanol–water partition coefficient (Wildman–Crippen LogP) is 5.04. The predicted molar refractivity (Wildman–Crippen MR) is 93.4 cm³/mol. The largest absolute Gasteiger partial charge is 0.460 e. The molecular weight excluding hydrogens is 288 g/mol. The zero-order valence-electron chi connectivity index (χ0n) is 15.3. The normalized spacial score (nSPS) is 13.5. The van der Waals surface area contributed by atoms with Gasteiger partial charge in [-0.2, -0.15) is 0 Å². The van der Waals surface area contributed by atoms with E-state index < -0.39 is 5.60 Å². The number of hydrogen-bond acceptors (Lipinski definition) is 3. The van der Waals surface area contributed by atoms with E-state index >= 15 is 0 Å². The molecule has 0 saturated heterocycles. The summed E-state index contributed by atoms with van der Waals surface area (Å²) >= 11 is 0. The van der Waals surface area contributed by atoms with Crippen molar-refractivity contribution in [3.05, 3.63) is 35.9 Å². The summed E-state index contributed by atoms with van der Waals surface area (Å²) in [5, 5.41) is 0. The Bertz CT molecular complexity index is 518. The van der Waals surface area contributed by atoms with Gasteiger partial charge < -0.3 is 4.74 Å². The summed E-state index contributed by atoms with van der Waals surface area (Å²) < 4.78 is 5.43. The first-order chi connectivity index (χ1) is 10.5. The van der Waals surface area contributed by atoms with Crippen molar-refractivity contribution >= 4 is 11.8 Å². The van der Waals surface area contributed by atoms with Gasteiger partial charge >= 0.3 is 5.97 Å². The first kappa shape index (κ1) is 19.4. The van der Waals surface area contributed by atoms with Crippen molar-refractivity contribution < 1.29 is 14.3 Å². The van der Waals surface area contributed by atoms with Crippen LogP contribution in [0.15, 0.2) is 30.3 Å². The summed E-state index contributed by atoms with van der Waals surface area (Å²) in [6, 6.07) is 9.31. The molecule has 0 bridgehead atoms. The molecule has 0 radical (unpaired) electrons. The SMILES string of the molecule is CC(C)(C)OC(=O)CC(CCC(=O)c1ccccc1)C(C)(C)C. The molecule has 0 N–H and O–H groups in total. The van der Waals surface area contributed by atoms with Crippen LogP contribution in [0.4, 0.5) is 0 Å². The van der Waals surface area contributed by atoms with Crippen molar-refractivity contribution in [2.45, 2.75) is 66.4 Å². The molecule has 0 spiro atoms. The Morgan fingerprint density at radius 1 is 1.00 bits per heavy atom. The average Bonchev–Trinajstić information content (AvgIpc) is 2.40. The molecule has 0 aliphatic rings. The zero-order chi connectivity index (χ0) is 17.7. The fourth-order valence-corrected chi connectivity index (χ4v) is 2.50. The van der Waals surface area contributed by atoms with E-state index in [0.29, 0.717) is 19.3 Å². The Kier molecular flexibility index (Phi) is 6.55. The van der Waals surface area contributed by atoms with E-state index in [2.05, 4.69) is 20.8 Å². The molecule has 0 fully saturated rings.